The van der Waals surface area contributed by atoms with Gasteiger partial charge in [-0.25, -0.2) is 8.70 Å². The molecule has 1 aliphatic rings. The Bertz CT molecular complexity index is 711. The average molecular weight is 486 g/mol. The minimum Gasteiger partial charge on any atom is -0.318 e. The number of rotatable bonds is 9. The van der Waals surface area contributed by atoms with Gasteiger partial charge in [0.25, 0.3) is 0 Å². The van der Waals surface area contributed by atoms with Crippen molar-refractivity contribution in [2.45, 2.75) is 81.4 Å². The monoisotopic (exact) mass is 485 g/mol. The summed E-state index contributed by atoms with van der Waals surface area (Å²) in [6.07, 6.45) is 0. The third-order valence-corrected chi connectivity index (χ3v) is 7.60. The average Bonchev–Trinajstić information content (AvgIpc) is 2.65. The molecule has 9 heteroatoms. The van der Waals surface area contributed by atoms with Crippen LogP contribution in [0.2, 0.25) is 0 Å². The molecule has 0 bridgehead atoms. The summed E-state index contributed by atoms with van der Waals surface area (Å²) >= 11 is 7.00. The van der Waals surface area contributed by atoms with Gasteiger partial charge in [-0.2, -0.15) is 4.99 Å². The van der Waals surface area contributed by atoms with Crippen molar-refractivity contribution in [3.8, 4) is 0 Å². The van der Waals surface area contributed by atoms with Crippen LogP contribution in [0.5, 0.6) is 0 Å². The molecule has 1 aliphatic heterocycles. The van der Waals surface area contributed by atoms with Crippen LogP contribution in [0.3, 0.4) is 0 Å². The van der Waals surface area contributed by atoms with E-state index in [0.717, 1.165) is 11.5 Å². The Morgan fingerprint density at radius 3 is 1.97 bits per heavy atom. The highest BCUT2D eigenvalue weighted by atomic mass is 32.2. The van der Waals surface area contributed by atoms with Crippen LogP contribution >= 0.6 is 47.6 Å². The fourth-order valence-corrected chi connectivity index (χ4v) is 6.60. The summed E-state index contributed by atoms with van der Waals surface area (Å²) in [5, 5.41) is 5.38. The van der Waals surface area contributed by atoms with Crippen molar-refractivity contribution in [3.63, 3.8) is 0 Å². The van der Waals surface area contributed by atoms with Gasteiger partial charge < -0.3 is 5.32 Å². The lowest BCUT2D eigenvalue weighted by Gasteiger charge is -2.39. The van der Waals surface area contributed by atoms with Crippen molar-refractivity contribution in [2.24, 2.45) is 9.98 Å². The first-order valence-corrected chi connectivity index (χ1v) is 13.8. The predicted octanol–water partition coefficient (Wildman–Crippen LogP) is 6.32. The van der Waals surface area contributed by atoms with E-state index in [2.05, 4.69) is 93.4 Å². The van der Waals surface area contributed by atoms with Crippen LogP contribution in [-0.2, 0) is 4.99 Å². The van der Waals surface area contributed by atoms with Crippen LogP contribution in [0.15, 0.2) is 40.3 Å². The summed E-state index contributed by atoms with van der Waals surface area (Å²) in [7, 11) is 0. The van der Waals surface area contributed by atoms with Gasteiger partial charge in [-0.15, -0.1) is 11.8 Å². The zero-order valence-corrected chi connectivity index (χ0v) is 22.4. The maximum absolute atomic E-state index is 5.09. The van der Waals surface area contributed by atoms with Gasteiger partial charge in [0.05, 0.1) is 0 Å². The van der Waals surface area contributed by atoms with E-state index in [1.807, 2.05) is 6.07 Å². The summed E-state index contributed by atoms with van der Waals surface area (Å²) in [4.78, 5) is 9.33. The molecule has 0 saturated heterocycles. The van der Waals surface area contributed by atoms with Crippen LogP contribution < -0.4 is 10.0 Å². The Hall–Kier alpha value is -0.640. The summed E-state index contributed by atoms with van der Waals surface area (Å²) in [5.41, 5.74) is 1.12. The largest absolute Gasteiger partial charge is 0.318 e. The standard InChI is InChI=1S/C21H35N5S4/c1-14(2)27-21(18-12-10-9-11-13-18)23-19(25-28-15(3)4)22-20(24-21)26(29-16(5)6)30-17(7)8/h9-17H,1-8H3,(H2,22,23,24,25). The first kappa shape index (κ1) is 25.6. The maximum Gasteiger partial charge on any atom is 0.234 e. The third kappa shape index (κ3) is 7.80. The minimum atomic E-state index is -0.639. The summed E-state index contributed by atoms with van der Waals surface area (Å²) < 4.78 is 5.60. The maximum atomic E-state index is 5.09. The van der Waals surface area contributed by atoms with Crippen molar-refractivity contribution in [1.29, 1.82) is 0 Å². The van der Waals surface area contributed by atoms with Gasteiger partial charge in [0.2, 0.25) is 16.9 Å². The van der Waals surface area contributed by atoms with Gasteiger partial charge in [0.15, 0.2) is 0 Å². The molecule has 2 N–H and O–H groups in total. The Balaban J connectivity index is 2.52. The predicted molar refractivity (Wildman–Crippen MR) is 142 cm³/mol. The van der Waals surface area contributed by atoms with Crippen molar-refractivity contribution < 1.29 is 0 Å². The number of nitrogens with zero attached hydrogens (tertiary/aromatic N) is 3. The van der Waals surface area contributed by atoms with Crippen LogP contribution in [0.25, 0.3) is 0 Å². The number of aliphatic imine (C=N–C) groups is 2. The molecule has 0 saturated carbocycles. The molecule has 1 aromatic carbocycles. The molecular formula is C21H35N5S4. The van der Waals surface area contributed by atoms with E-state index in [9.17, 15) is 0 Å². The summed E-state index contributed by atoms with van der Waals surface area (Å²) in [6, 6.07) is 10.5. The molecule has 1 aromatic rings. The molecule has 168 valence electrons. The second-order valence-electron chi connectivity index (χ2n) is 8.01. The smallest absolute Gasteiger partial charge is 0.234 e. The summed E-state index contributed by atoms with van der Waals surface area (Å²) in [6.45, 7) is 17.6. The Morgan fingerprint density at radius 1 is 0.867 bits per heavy atom. The Labute approximate surface area is 199 Å². The first-order valence-electron chi connectivity index (χ1n) is 10.4. The van der Waals surface area contributed by atoms with E-state index in [1.165, 1.54) is 0 Å². The van der Waals surface area contributed by atoms with Crippen LogP contribution in [-0.4, -0.2) is 36.6 Å². The van der Waals surface area contributed by atoms with Gasteiger partial charge in [-0.1, -0.05) is 85.7 Å². The highest BCUT2D eigenvalue weighted by molar-refractivity contribution is 8.13. The van der Waals surface area contributed by atoms with E-state index in [0.29, 0.717) is 27.0 Å². The lowest BCUT2D eigenvalue weighted by Crippen LogP contribution is -2.51. The first-order chi connectivity index (χ1) is 14.1. The van der Waals surface area contributed by atoms with Gasteiger partial charge in [0, 0.05) is 26.6 Å². The normalized spacial score (nSPS) is 19.2. The lowest BCUT2D eigenvalue weighted by atomic mass is 10.1. The van der Waals surface area contributed by atoms with Gasteiger partial charge in [0.1, 0.15) is 0 Å². The molecule has 2 rings (SSSR count). The highest BCUT2D eigenvalue weighted by Crippen LogP contribution is 2.41. The molecule has 0 amide bonds. The second kappa shape index (κ2) is 11.8. The van der Waals surface area contributed by atoms with Gasteiger partial charge in [-0.3, -0.25) is 4.72 Å². The van der Waals surface area contributed by atoms with Crippen molar-refractivity contribution in [1.82, 2.24) is 13.7 Å². The van der Waals surface area contributed by atoms with Crippen LogP contribution in [0.1, 0.15) is 61.0 Å². The van der Waals surface area contributed by atoms with E-state index in [-0.39, 0.29) is 0 Å². The van der Waals surface area contributed by atoms with Crippen LogP contribution in [0, 0.1) is 0 Å². The van der Waals surface area contributed by atoms with E-state index >= 15 is 0 Å². The topological polar surface area (TPSA) is 52.0 Å². The fourth-order valence-electron chi connectivity index (χ4n) is 2.56. The number of nitrogens with one attached hydrogen (secondary N) is 2. The van der Waals surface area contributed by atoms with E-state index in [4.69, 9.17) is 9.98 Å². The minimum absolute atomic E-state index is 0.378. The number of hydrogen-bond acceptors (Lipinski definition) is 9. The molecule has 1 atom stereocenters. The molecule has 1 heterocycles. The molecular weight excluding hydrogens is 451 g/mol. The highest BCUT2D eigenvalue weighted by Gasteiger charge is 2.40. The molecule has 30 heavy (non-hydrogen) atoms. The second-order valence-corrected chi connectivity index (χ2v) is 14.4. The third-order valence-electron chi connectivity index (χ3n) is 3.50. The zero-order chi connectivity index (χ0) is 22.3. The van der Waals surface area contributed by atoms with Gasteiger partial charge in [-0.05, 0) is 35.8 Å². The van der Waals surface area contributed by atoms with Crippen molar-refractivity contribution in [3.05, 3.63) is 35.9 Å². The molecule has 0 fully saturated rings. The fraction of sp³-hybridized carbons (Fsp3) is 0.619. The van der Waals surface area contributed by atoms with Gasteiger partial charge >= 0.3 is 0 Å². The van der Waals surface area contributed by atoms with E-state index < -0.39 is 4.99 Å². The zero-order valence-electron chi connectivity index (χ0n) is 19.2. The number of guanidine groups is 2. The SMILES string of the molecule is CC(C)SNC1=NC(SC(C)C)(c2ccccc2)NC(N(SC(C)C)SC(C)C)=N1. The number of benzene rings is 1. The lowest BCUT2D eigenvalue weighted by molar-refractivity contribution is 0.583. The molecule has 1 unspecified atom stereocenters. The molecule has 0 radical (unpaired) electrons. The quantitative estimate of drug-likeness (QED) is 0.397. The van der Waals surface area contributed by atoms with Crippen molar-refractivity contribution >= 4 is 59.5 Å². The van der Waals surface area contributed by atoms with Crippen molar-refractivity contribution in [2.75, 3.05) is 0 Å². The Kier molecular flexibility index (Phi) is 10.1. The number of hydrogen-bond donors (Lipinski definition) is 2. The number of thioether (sulfide) groups is 1. The summed E-state index contributed by atoms with van der Waals surface area (Å²) in [5.74, 6) is 1.48. The molecule has 0 aliphatic carbocycles. The van der Waals surface area contributed by atoms with E-state index in [1.54, 1.807) is 47.6 Å². The molecule has 5 nitrogen and oxygen atoms in total. The Morgan fingerprint density at radius 2 is 1.47 bits per heavy atom. The van der Waals surface area contributed by atoms with Crippen LogP contribution in [0.4, 0.5) is 0 Å². The molecule has 0 aromatic heterocycles. The molecule has 0 spiro atoms.